The van der Waals surface area contributed by atoms with Crippen molar-refractivity contribution in [3.05, 3.63) is 95.1 Å². The van der Waals surface area contributed by atoms with Gasteiger partial charge in [-0.1, -0.05) is 54.1 Å². The lowest BCUT2D eigenvalue weighted by molar-refractivity contribution is 0.186. The Morgan fingerprint density at radius 3 is 2.59 bits per heavy atom. The highest BCUT2D eigenvalue weighted by molar-refractivity contribution is 7.89. The Morgan fingerprint density at radius 1 is 1.10 bits per heavy atom. The highest BCUT2D eigenvalue weighted by Gasteiger charge is 2.57. The van der Waals surface area contributed by atoms with Gasteiger partial charge in [-0.05, 0) is 61.5 Å². The van der Waals surface area contributed by atoms with E-state index in [0.29, 0.717) is 29.8 Å². The van der Waals surface area contributed by atoms with Crippen LogP contribution < -0.4 is 0 Å². The van der Waals surface area contributed by atoms with Crippen molar-refractivity contribution in [2.45, 2.75) is 42.0 Å². The van der Waals surface area contributed by atoms with Gasteiger partial charge in [0.25, 0.3) is 10.0 Å². The molecule has 2 aromatic heterocycles. The number of likely N-dealkylation sites (tertiary alicyclic amines) is 1. The monoisotopic (exact) mass is 594 g/mol. The van der Waals surface area contributed by atoms with Crippen molar-refractivity contribution in [3.8, 4) is 0 Å². The maximum atomic E-state index is 13.3. The SMILES string of the molecule is CN(C[C@@]1(c2cccc(Cl)c2)C[C@H]1CN1CCC(c2nnc(Cc3ccccc3)o2)CC1)S(=O)(=O)c1cn(C)cn1. The summed E-state index contributed by atoms with van der Waals surface area (Å²) in [6.45, 7) is 3.15. The molecule has 9 nitrogen and oxygen atoms in total. The summed E-state index contributed by atoms with van der Waals surface area (Å²) in [5, 5.41) is 9.39. The van der Waals surface area contributed by atoms with Crippen molar-refractivity contribution in [2.24, 2.45) is 13.0 Å². The normalized spacial score (nSPS) is 21.9. The molecule has 2 fully saturated rings. The van der Waals surface area contributed by atoms with Gasteiger partial charge in [0.1, 0.15) is 0 Å². The molecule has 0 radical (unpaired) electrons. The van der Waals surface area contributed by atoms with Crippen LogP contribution in [0.1, 0.15) is 48.1 Å². The number of piperidine rings is 1. The van der Waals surface area contributed by atoms with E-state index in [9.17, 15) is 8.42 Å². The fraction of sp³-hybridized carbons (Fsp3) is 0.433. The topological polar surface area (TPSA) is 97.4 Å². The van der Waals surface area contributed by atoms with Gasteiger partial charge in [-0.15, -0.1) is 10.2 Å². The average molecular weight is 595 g/mol. The maximum Gasteiger partial charge on any atom is 0.261 e. The van der Waals surface area contributed by atoms with Gasteiger partial charge >= 0.3 is 0 Å². The molecule has 6 rings (SSSR count). The fourth-order valence-electron chi connectivity index (χ4n) is 6.17. The molecular weight excluding hydrogens is 560 g/mol. The van der Waals surface area contributed by atoms with E-state index in [1.54, 1.807) is 24.9 Å². The molecule has 2 aromatic carbocycles. The number of nitrogens with zero attached hydrogens (tertiary/aromatic N) is 6. The molecule has 2 aliphatic rings. The first-order valence-electron chi connectivity index (χ1n) is 14.0. The second kappa shape index (κ2) is 11.3. The Hall–Kier alpha value is -3.05. The van der Waals surface area contributed by atoms with E-state index in [2.05, 4.69) is 38.3 Å². The lowest BCUT2D eigenvalue weighted by Crippen LogP contribution is -2.39. The van der Waals surface area contributed by atoms with E-state index in [1.165, 1.54) is 10.6 Å². The standard InChI is InChI=1S/C30H35ClN6O3S/c1-35-19-28(32-21-35)41(38,39)36(2)20-30(24-9-6-10-26(31)16-24)17-25(30)18-37-13-11-23(12-14-37)29-34-33-27(40-29)15-22-7-4-3-5-8-22/h3-10,16,19,21,23,25H,11-15,17-18,20H2,1-2H3/t25-,30+/m0/s1. The molecule has 1 saturated carbocycles. The van der Waals surface area contributed by atoms with Crippen LogP contribution in [0.15, 0.2) is 76.6 Å². The molecular formula is C30H35ClN6O3S. The highest BCUT2D eigenvalue weighted by atomic mass is 35.5. The van der Waals surface area contributed by atoms with Crippen LogP contribution in [-0.2, 0) is 28.9 Å². The summed E-state index contributed by atoms with van der Waals surface area (Å²) >= 11 is 6.39. The smallest absolute Gasteiger partial charge is 0.261 e. The molecule has 11 heteroatoms. The van der Waals surface area contributed by atoms with Crippen LogP contribution in [0.3, 0.4) is 0 Å². The molecule has 4 aromatic rings. The third kappa shape index (κ3) is 5.97. The predicted molar refractivity (Wildman–Crippen MR) is 156 cm³/mol. The number of halogens is 1. The average Bonchev–Trinajstić information content (AvgIpc) is 3.26. The maximum absolute atomic E-state index is 13.3. The third-order valence-corrected chi connectivity index (χ3v) is 10.5. The molecule has 1 saturated heterocycles. The van der Waals surface area contributed by atoms with Crippen LogP contribution in [0.5, 0.6) is 0 Å². The lowest BCUT2D eigenvalue weighted by Gasteiger charge is -2.32. The summed E-state index contributed by atoms with van der Waals surface area (Å²) in [5.74, 6) is 1.97. The highest BCUT2D eigenvalue weighted by Crippen LogP contribution is 2.56. The van der Waals surface area contributed by atoms with Crippen LogP contribution in [0.2, 0.25) is 5.02 Å². The zero-order chi connectivity index (χ0) is 28.6. The predicted octanol–water partition coefficient (Wildman–Crippen LogP) is 4.51. The largest absolute Gasteiger partial charge is 0.425 e. The van der Waals surface area contributed by atoms with E-state index < -0.39 is 10.0 Å². The van der Waals surface area contributed by atoms with Crippen molar-refractivity contribution in [2.75, 3.05) is 33.2 Å². The summed E-state index contributed by atoms with van der Waals surface area (Å²) in [7, 11) is -0.298. The number of benzene rings is 2. The molecule has 2 atom stereocenters. The molecule has 0 unspecified atom stereocenters. The molecule has 1 aliphatic heterocycles. The van der Waals surface area contributed by atoms with Gasteiger partial charge in [-0.25, -0.2) is 13.4 Å². The summed E-state index contributed by atoms with van der Waals surface area (Å²) < 4.78 is 35.8. The van der Waals surface area contributed by atoms with Gasteiger partial charge in [0.05, 0.1) is 12.7 Å². The van der Waals surface area contributed by atoms with Gasteiger partial charge in [-0.2, -0.15) is 4.31 Å². The second-order valence-corrected chi connectivity index (χ2v) is 13.9. The van der Waals surface area contributed by atoms with Gasteiger partial charge in [0.15, 0.2) is 5.03 Å². The first-order chi connectivity index (χ1) is 19.7. The number of hydrogen-bond donors (Lipinski definition) is 0. The number of aromatic nitrogens is 4. The van der Waals surface area contributed by atoms with Crippen molar-refractivity contribution >= 4 is 21.6 Å². The molecule has 0 bridgehead atoms. The second-order valence-electron chi connectivity index (χ2n) is 11.5. The van der Waals surface area contributed by atoms with Crippen LogP contribution in [-0.4, -0.2) is 70.6 Å². The van der Waals surface area contributed by atoms with E-state index in [-0.39, 0.29) is 16.4 Å². The molecule has 1 aliphatic carbocycles. The first kappa shape index (κ1) is 28.1. The first-order valence-corrected chi connectivity index (χ1v) is 15.8. The minimum absolute atomic E-state index is 0.0657. The summed E-state index contributed by atoms with van der Waals surface area (Å²) in [6.07, 6.45) is 6.51. The van der Waals surface area contributed by atoms with Crippen molar-refractivity contribution in [3.63, 3.8) is 0 Å². The Labute approximate surface area is 246 Å². The van der Waals surface area contributed by atoms with Gasteiger partial charge in [0.2, 0.25) is 11.8 Å². The zero-order valence-electron chi connectivity index (χ0n) is 23.4. The molecule has 41 heavy (non-hydrogen) atoms. The minimum atomic E-state index is -3.71. The molecule has 0 amide bonds. The van der Waals surface area contributed by atoms with Crippen LogP contribution in [0, 0.1) is 5.92 Å². The summed E-state index contributed by atoms with van der Waals surface area (Å²) in [4.78, 5) is 6.59. The third-order valence-electron chi connectivity index (χ3n) is 8.59. The quantitative estimate of drug-likeness (QED) is 0.266. The van der Waals surface area contributed by atoms with Crippen molar-refractivity contribution in [1.82, 2.24) is 29.0 Å². The molecule has 216 valence electrons. The number of imidazole rings is 1. The van der Waals surface area contributed by atoms with Crippen LogP contribution >= 0.6 is 11.6 Å². The van der Waals surface area contributed by atoms with Crippen LogP contribution in [0.4, 0.5) is 0 Å². The number of likely N-dealkylation sites (N-methyl/N-ethyl adjacent to an activating group) is 1. The van der Waals surface area contributed by atoms with Gasteiger partial charge in [-0.3, -0.25) is 0 Å². The Bertz CT molecular complexity index is 1600. The summed E-state index contributed by atoms with van der Waals surface area (Å²) in [6, 6.07) is 18.0. The zero-order valence-corrected chi connectivity index (χ0v) is 24.9. The fourth-order valence-corrected chi connectivity index (χ4v) is 7.56. The number of rotatable bonds is 10. The van der Waals surface area contributed by atoms with E-state index in [4.69, 9.17) is 16.0 Å². The lowest BCUT2D eigenvalue weighted by atomic mass is 9.92. The van der Waals surface area contributed by atoms with Gasteiger partial charge < -0.3 is 13.9 Å². The van der Waals surface area contributed by atoms with E-state index in [0.717, 1.165) is 55.9 Å². The Balaban J connectivity index is 1.10. The number of sulfonamides is 1. The Kier molecular flexibility index (Phi) is 7.76. The molecule has 3 heterocycles. The van der Waals surface area contributed by atoms with Gasteiger partial charge in [0, 0.05) is 49.7 Å². The Morgan fingerprint density at radius 2 is 1.88 bits per heavy atom. The molecule has 0 N–H and O–H groups in total. The van der Waals surface area contributed by atoms with Crippen LogP contribution in [0.25, 0.3) is 0 Å². The number of hydrogen-bond acceptors (Lipinski definition) is 7. The molecule has 0 spiro atoms. The minimum Gasteiger partial charge on any atom is -0.425 e. The van der Waals surface area contributed by atoms with E-state index >= 15 is 0 Å². The van der Waals surface area contributed by atoms with E-state index in [1.807, 2.05) is 36.4 Å². The number of aryl methyl sites for hydroxylation is 1. The summed E-state index contributed by atoms with van der Waals surface area (Å²) in [5.41, 5.74) is 1.95. The van der Waals surface area contributed by atoms with Crippen molar-refractivity contribution in [1.29, 1.82) is 0 Å². The van der Waals surface area contributed by atoms with Crippen molar-refractivity contribution < 1.29 is 12.8 Å².